The second-order valence-corrected chi connectivity index (χ2v) is 6.16. The van der Waals surface area contributed by atoms with E-state index in [9.17, 15) is 4.79 Å². The number of hydrogen-bond acceptors (Lipinski definition) is 2. The van der Waals surface area contributed by atoms with Gasteiger partial charge < -0.3 is 4.90 Å². The largest absolute Gasteiger partial charge is 0.342 e. The summed E-state index contributed by atoms with van der Waals surface area (Å²) in [6.07, 6.45) is 6.11. The van der Waals surface area contributed by atoms with Crippen LogP contribution in [0.3, 0.4) is 0 Å². The minimum atomic E-state index is 0.286. The molecule has 1 atom stereocenters. The van der Waals surface area contributed by atoms with E-state index in [2.05, 4.69) is 25.7 Å². The van der Waals surface area contributed by atoms with Crippen molar-refractivity contribution in [3.05, 3.63) is 0 Å². The van der Waals surface area contributed by atoms with Crippen molar-refractivity contribution < 1.29 is 4.79 Å². The average molecular weight is 254 g/mol. The van der Waals surface area contributed by atoms with Crippen molar-refractivity contribution in [2.75, 3.05) is 26.7 Å². The number of amides is 1. The molecule has 1 unspecified atom stereocenters. The molecule has 3 heteroatoms. The predicted octanol–water partition coefficient (Wildman–Crippen LogP) is 2.76. The molecule has 0 N–H and O–H groups in total. The van der Waals surface area contributed by atoms with Crippen LogP contribution < -0.4 is 0 Å². The number of likely N-dealkylation sites (tertiary alicyclic amines) is 1. The fourth-order valence-electron chi connectivity index (χ4n) is 2.50. The van der Waals surface area contributed by atoms with Crippen molar-refractivity contribution in [1.29, 1.82) is 0 Å². The number of carbonyl (C=O) groups is 1. The maximum Gasteiger partial charge on any atom is 0.236 e. The standard InChI is InChI=1S/C15H30N2O/c1-13(2)8-7-9-14(3)16(4)15(18)12-17-10-5-6-11-17/h13-14H,5-12H2,1-4H3. The molecule has 0 aromatic rings. The molecule has 0 saturated carbocycles. The van der Waals surface area contributed by atoms with E-state index in [-0.39, 0.29) is 5.91 Å². The molecule has 1 saturated heterocycles. The molecule has 1 aliphatic rings. The molecule has 3 nitrogen and oxygen atoms in total. The molecule has 106 valence electrons. The van der Waals surface area contributed by atoms with Crippen molar-refractivity contribution in [2.45, 2.75) is 58.9 Å². The van der Waals surface area contributed by atoms with Gasteiger partial charge in [-0.05, 0) is 45.2 Å². The van der Waals surface area contributed by atoms with Gasteiger partial charge in [-0.25, -0.2) is 0 Å². The van der Waals surface area contributed by atoms with Crippen LogP contribution in [-0.4, -0.2) is 48.4 Å². The smallest absolute Gasteiger partial charge is 0.236 e. The van der Waals surface area contributed by atoms with E-state index < -0.39 is 0 Å². The first kappa shape index (κ1) is 15.5. The van der Waals surface area contributed by atoms with E-state index in [1.54, 1.807) is 0 Å². The Balaban J connectivity index is 2.23. The summed E-state index contributed by atoms with van der Waals surface area (Å²) in [5.74, 6) is 1.05. The third kappa shape index (κ3) is 5.38. The van der Waals surface area contributed by atoms with Gasteiger partial charge in [-0.15, -0.1) is 0 Å². The number of nitrogens with zero attached hydrogens (tertiary/aromatic N) is 2. The molecule has 0 radical (unpaired) electrons. The molecule has 1 rings (SSSR count). The van der Waals surface area contributed by atoms with Crippen LogP contribution in [0.4, 0.5) is 0 Å². The van der Waals surface area contributed by atoms with Gasteiger partial charge in [0.25, 0.3) is 0 Å². The summed E-state index contributed by atoms with van der Waals surface area (Å²) < 4.78 is 0. The summed E-state index contributed by atoms with van der Waals surface area (Å²) in [5.41, 5.74) is 0. The fourth-order valence-corrected chi connectivity index (χ4v) is 2.50. The normalized spacial score (nSPS) is 18.3. The van der Waals surface area contributed by atoms with Crippen molar-refractivity contribution in [1.82, 2.24) is 9.80 Å². The van der Waals surface area contributed by atoms with Crippen LogP contribution in [0, 0.1) is 5.92 Å². The molecule has 1 fully saturated rings. The lowest BCUT2D eigenvalue weighted by molar-refractivity contribution is -0.132. The van der Waals surface area contributed by atoms with Gasteiger partial charge in [0.15, 0.2) is 0 Å². The number of carbonyl (C=O) groups excluding carboxylic acids is 1. The Morgan fingerprint density at radius 3 is 2.33 bits per heavy atom. The van der Waals surface area contributed by atoms with Crippen LogP contribution in [0.15, 0.2) is 0 Å². The maximum absolute atomic E-state index is 12.1. The van der Waals surface area contributed by atoms with E-state index >= 15 is 0 Å². The Bertz CT molecular complexity index is 247. The zero-order valence-electron chi connectivity index (χ0n) is 12.6. The van der Waals surface area contributed by atoms with Crippen molar-refractivity contribution in [3.8, 4) is 0 Å². The lowest BCUT2D eigenvalue weighted by Crippen LogP contribution is -2.41. The molecule has 0 bridgehead atoms. The van der Waals surface area contributed by atoms with Crippen LogP contribution in [0.1, 0.15) is 52.9 Å². The Morgan fingerprint density at radius 1 is 1.17 bits per heavy atom. The summed E-state index contributed by atoms with van der Waals surface area (Å²) in [4.78, 5) is 16.3. The zero-order valence-corrected chi connectivity index (χ0v) is 12.6. The lowest BCUT2D eigenvalue weighted by atomic mass is 10.0. The molecule has 0 aliphatic carbocycles. The first-order valence-electron chi connectivity index (χ1n) is 7.48. The first-order chi connectivity index (χ1) is 8.50. The second-order valence-electron chi connectivity index (χ2n) is 6.16. The topological polar surface area (TPSA) is 23.6 Å². The predicted molar refractivity (Wildman–Crippen MR) is 76.6 cm³/mol. The first-order valence-corrected chi connectivity index (χ1v) is 7.48. The molecule has 1 heterocycles. The monoisotopic (exact) mass is 254 g/mol. The van der Waals surface area contributed by atoms with Crippen LogP contribution >= 0.6 is 0 Å². The average Bonchev–Trinajstić information content (AvgIpc) is 2.80. The van der Waals surface area contributed by atoms with Crippen molar-refractivity contribution >= 4 is 5.91 Å². The molecule has 1 aliphatic heterocycles. The van der Waals surface area contributed by atoms with E-state index in [4.69, 9.17) is 0 Å². The second kappa shape index (κ2) is 7.78. The number of likely N-dealkylation sites (N-methyl/N-ethyl adjacent to an activating group) is 1. The maximum atomic E-state index is 12.1. The van der Waals surface area contributed by atoms with Crippen LogP contribution in [0.25, 0.3) is 0 Å². The van der Waals surface area contributed by atoms with Gasteiger partial charge in [-0.2, -0.15) is 0 Å². The molecular weight excluding hydrogens is 224 g/mol. The van der Waals surface area contributed by atoms with Gasteiger partial charge in [-0.3, -0.25) is 9.69 Å². The highest BCUT2D eigenvalue weighted by Crippen LogP contribution is 2.13. The van der Waals surface area contributed by atoms with E-state index in [0.29, 0.717) is 12.6 Å². The quantitative estimate of drug-likeness (QED) is 0.697. The highest BCUT2D eigenvalue weighted by Gasteiger charge is 2.20. The Kier molecular flexibility index (Phi) is 6.69. The van der Waals surface area contributed by atoms with E-state index in [1.807, 2.05) is 11.9 Å². The lowest BCUT2D eigenvalue weighted by Gasteiger charge is -2.27. The number of rotatable bonds is 7. The summed E-state index contributed by atoms with van der Waals surface area (Å²) >= 11 is 0. The molecule has 0 spiro atoms. The molecule has 0 aromatic heterocycles. The molecule has 1 amide bonds. The van der Waals surface area contributed by atoms with Crippen LogP contribution in [0.5, 0.6) is 0 Å². The molecular formula is C15H30N2O. The third-order valence-corrected chi connectivity index (χ3v) is 4.02. The van der Waals surface area contributed by atoms with Crippen molar-refractivity contribution in [3.63, 3.8) is 0 Å². The van der Waals surface area contributed by atoms with Gasteiger partial charge in [0.1, 0.15) is 0 Å². The highest BCUT2D eigenvalue weighted by molar-refractivity contribution is 5.78. The van der Waals surface area contributed by atoms with Gasteiger partial charge in [0.05, 0.1) is 6.54 Å². The summed E-state index contributed by atoms with van der Waals surface area (Å²) in [6, 6.07) is 0.374. The van der Waals surface area contributed by atoms with Crippen molar-refractivity contribution in [2.24, 2.45) is 5.92 Å². The summed E-state index contributed by atoms with van der Waals surface area (Å²) in [5, 5.41) is 0. The Morgan fingerprint density at radius 2 is 1.78 bits per heavy atom. The van der Waals surface area contributed by atoms with Gasteiger partial charge in [0.2, 0.25) is 5.91 Å². The van der Waals surface area contributed by atoms with Gasteiger partial charge >= 0.3 is 0 Å². The zero-order chi connectivity index (χ0) is 13.5. The van der Waals surface area contributed by atoms with Crippen LogP contribution in [-0.2, 0) is 4.79 Å². The van der Waals surface area contributed by atoms with Crippen LogP contribution in [0.2, 0.25) is 0 Å². The third-order valence-electron chi connectivity index (χ3n) is 4.02. The van der Waals surface area contributed by atoms with Gasteiger partial charge in [0, 0.05) is 13.1 Å². The summed E-state index contributed by atoms with van der Waals surface area (Å²) in [7, 11) is 1.96. The molecule has 0 aromatic carbocycles. The van der Waals surface area contributed by atoms with E-state index in [1.165, 1.54) is 25.7 Å². The Hall–Kier alpha value is -0.570. The Labute approximate surface area is 113 Å². The fraction of sp³-hybridized carbons (Fsp3) is 0.933. The molecule has 18 heavy (non-hydrogen) atoms. The minimum absolute atomic E-state index is 0.286. The minimum Gasteiger partial charge on any atom is -0.342 e. The van der Waals surface area contributed by atoms with Gasteiger partial charge in [-0.1, -0.05) is 26.7 Å². The van der Waals surface area contributed by atoms with E-state index in [0.717, 1.165) is 25.4 Å². The highest BCUT2D eigenvalue weighted by atomic mass is 16.2. The summed E-state index contributed by atoms with van der Waals surface area (Å²) in [6.45, 7) is 9.50. The SMILES string of the molecule is CC(C)CCCC(C)N(C)C(=O)CN1CCCC1. The number of hydrogen-bond donors (Lipinski definition) is 0.